The lowest BCUT2D eigenvalue weighted by Gasteiger charge is -2.30. The Labute approximate surface area is 163 Å². The summed E-state index contributed by atoms with van der Waals surface area (Å²) in [6.45, 7) is -0.514. The number of carbonyl (C=O) groups is 2. The molecule has 11 heteroatoms. The molecule has 0 fully saturated rings. The molecule has 1 heterocycles. The number of nitrogens with zero attached hydrogens (tertiary/aromatic N) is 3. The monoisotopic (exact) mass is 418 g/mol. The first-order chi connectivity index (χ1) is 12.9. The average molecular weight is 419 g/mol. The Kier molecular flexibility index (Phi) is 6.35. The molecule has 1 atom stereocenters. The lowest BCUT2D eigenvalue weighted by atomic mass is 9.97. The fourth-order valence-corrected chi connectivity index (χ4v) is 2.68. The van der Waals surface area contributed by atoms with Crippen LogP contribution in [-0.2, 0) is 22.2 Å². The minimum Gasteiger partial charge on any atom is -0.374 e. The van der Waals surface area contributed by atoms with Crippen LogP contribution in [0.1, 0.15) is 12.2 Å². The van der Waals surface area contributed by atoms with Crippen LogP contribution in [0.15, 0.2) is 36.7 Å². The van der Waals surface area contributed by atoms with Gasteiger partial charge in [0.15, 0.2) is 5.82 Å². The van der Waals surface area contributed by atoms with Crippen molar-refractivity contribution >= 4 is 29.1 Å². The molecule has 2 amide bonds. The van der Waals surface area contributed by atoms with E-state index in [9.17, 15) is 27.9 Å². The molecule has 1 aromatic heterocycles. The number of benzene rings is 1. The van der Waals surface area contributed by atoms with E-state index < -0.39 is 42.4 Å². The molecule has 0 spiro atoms. The maximum Gasteiger partial charge on any atom is 0.425 e. The Morgan fingerprint density at radius 1 is 1.36 bits per heavy atom. The fourth-order valence-electron chi connectivity index (χ4n) is 2.49. The first kappa shape index (κ1) is 21.7. The molecule has 152 valence electrons. The normalized spacial score (nSPS) is 13.7. The highest BCUT2D eigenvalue weighted by Crippen LogP contribution is 2.41. The van der Waals surface area contributed by atoms with E-state index in [4.69, 9.17) is 11.6 Å². The minimum atomic E-state index is -5.15. The van der Waals surface area contributed by atoms with E-state index in [0.29, 0.717) is 10.7 Å². The highest BCUT2D eigenvalue weighted by atomic mass is 35.5. The van der Waals surface area contributed by atoms with Gasteiger partial charge in [-0.05, 0) is 18.2 Å². The quantitative estimate of drug-likeness (QED) is 0.753. The molecule has 28 heavy (non-hydrogen) atoms. The van der Waals surface area contributed by atoms with E-state index in [0.717, 1.165) is 22.7 Å². The number of nitrogens with one attached hydrogen (secondary N) is 1. The van der Waals surface area contributed by atoms with Crippen molar-refractivity contribution < 1.29 is 27.9 Å². The molecular weight excluding hydrogens is 401 g/mol. The number of carbonyl (C=O) groups excluding carboxylic acids is 2. The minimum absolute atomic E-state index is 0.373. The number of aryl methyl sites for hydroxylation is 1. The van der Waals surface area contributed by atoms with Crippen LogP contribution in [0.5, 0.6) is 0 Å². The Morgan fingerprint density at radius 2 is 2.04 bits per heavy atom. The number of rotatable bonds is 6. The molecule has 0 aliphatic carbocycles. The number of aromatic nitrogens is 2. The van der Waals surface area contributed by atoms with Crippen LogP contribution in [-0.4, -0.2) is 51.1 Å². The Balaban J connectivity index is 2.09. The van der Waals surface area contributed by atoms with E-state index in [2.05, 4.69) is 10.3 Å². The molecule has 0 aliphatic rings. The summed E-state index contributed by atoms with van der Waals surface area (Å²) in [6.07, 6.45) is -4.16. The number of halogens is 4. The van der Waals surface area contributed by atoms with Gasteiger partial charge in [-0.25, -0.2) is 4.98 Å². The summed E-state index contributed by atoms with van der Waals surface area (Å²) in [7, 11) is 2.43. The number of likely N-dealkylation sites (N-methyl/N-ethyl adjacent to an activating group) is 1. The van der Waals surface area contributed by atoms with Crippen LogP contribution in [0.3, 0.4) is 0 Å². The first-order valence-electron chi connectivity index (χ1n) is 8.00. The molecule has 0 bridgehead atoms. The molecule has 1 aromatic carbocycles. The largest absolute Gasteiger partial charge is 0.425 e. The van der Waals surface area contributed by atoms with Crippen molar-refractivity contribution in [2.24, 2.45) is 7.05 Å². The van der Waals surface area contributed by atoms with Crippen LogP contribution in [0.25, 0.3) is 0 Å². The summed E-state index contributed by atoms with van der Waals surface area (Å²) in [6, 6.07) is 6.24. The lowest BCUT2D eigenvalue weighted by molar-refractivity contribution is -0.271. The van der Waals surface area contributed by atoms with Gasteiger partial charge in [0.05, 0.1) is 13.0 Å². The maximum atomic E-state index is 13.5. The molecule has 2 aromatic rings. The van der Waals surface area contributed by atoms with Crippen molar-refractivity contribution in [3.63, 3.8) is 0 Å². The van der Waals surface area contributed by atoms with Gasteiger partial charge in [-0.3, -0.25) is 9.59 Å². The average Bonchev–Trinajstić information content (AvgIpc) is 3.00. The van der Waals surface area contributed by atoms with Gasteiger partial charge >= 0.3 is 6.18 Å². The highest BCUT2D eigenvalue weighted by Gasteiger charge is 2.58. The van der Waals surface area contributed by atoms with Crippen molar-refractivity contribution in [3.05, 3.63) is 47.5 Å². The second-order valence-electron chi connectivity index (χ2n) is 6.20. The molecule has 0 saturated carbocycles. The first-order valence-corrected chi connectivity index (χ1v) is 8.38. The number of anilines is 1. The predicted octanol–water partition coefficient (Wildman–Crippen LogP) is 2.31. The molecule has 0 saturated heterocycles. The van der Waals surface area contributed by atoms with Gasteiger partial charge in [0.25, 0.3) is 0 Å². The zero-order valence-electron chi connectivity index (χ0n) is 15.0. The van der Waals surface area contributed by atoms with Crippen molar-refractivity contribution in [1.29, 1.82) is 0 Å². The molecule has 2 rings (SSSR count). The zero-order chi connectivity index (χ0) is 21.1. The van der Waals surface area contributed by atoms with Crippen LogP contribution in [0.4, 0.5) is 18.9 Å². The van der Waals surface area contributed by atoms with E-state index in [-0.39, 0.29) is 0 Å². The van der Waals surface area contributed by atoms with Crippen LogP contribution in [0, 0.1) is 0 Å². The third kappa shape index (κ3) is 4.82. The predicted molar refractivity (Wildman–Crippen MR) is 95.5 cm³/mol. The van der Waals surface area contributed by atoms with Crippen molar-refractivity contribution in [1.82, 2.24) is 14.5 Å². The second kappa shape index (κ2) is 8.19. The summed E-state index contributed by atoms with van der Waals surface area (Å²) in [4.78, 5) is 28.6. The van der Waals surface area contributed by atoms with Crippen molar-refractivity contribution in [3.8, 4) is 0 Å². The van der Waals surface area contributed by atoms with Gasteiger partial charge in [0.2, 0.25) is 17.4 Å². The van der Waals surface area contributed by atoms with E-state index in [1.165, 1.54) is 19.3 Å². The van der Waals surface area contributed by atoms with E-state index in [1.54, 1.807) is 18.2 Å². The van der Waals surface area contributed by atoms with Crippen LogP contribution < -0.4 is 5.32 Å². The topological polar surface area (TPSA) is 87.5 Å². The summed E-state index contributed by atoms with van der Waals surface area (Å²) in [5.74, 6) is -2.43. The van der Waals surface area contributed by atoms with Gasteiger partial charge < -0.3 is 19.9 Å². The smallest absolute Gasteiger partial charge is 0.374 e. The summed E-state index contributed by atoms with van der Waals surface area (Å²) < 4.78 is 41.5. The van der Waals surface area contributed by atoms with Gasteiger partial charge in [0.1, 0.15) is 0 Å². The Morgan fingerprint density at radius 3 is 2.57 bits per heavy atom. The van der Waals surface area contributed by atoms with Crippen LogP contribution in [0.2, 0.25) is 5.02 Å². The molecular formula is C17H18ClF3N4O3. The fraction of sp³-hybridized carbons (Fsp3) is 0.353. The third-order valence-electron chi connectivity index (χ3n) is 3.98. The standard InChI is InChI=1S/C17H18ClF3N4O3/c1-24-7-6-22-15(24)16(28,17(19,20)21)9-14(27)25(2)10-13(26)23-12-5-3-4-11(18)8-12/h3-8,28H,9-10H2,1-2H3,(H,23,26). The lowest BCUT2D eigenvalue weighted by Crippen LogP contribution is -2.48. The van der Waals surface area contributed by atoms with Gasteiger partial charge in [-0.1, -0.05) is 17.7 Å². The summed E-state index contributed by atoms with van der Waals surface area (Å²) in [5.41, 5.74) is -3.11. The number of alkyl halides is 3. The van der Waals surface area contributed by atoms with E-state index in [1.807, 2.05) is 0 Å². The Bertz CT molecular complexity index is 871. The van der Waals surface area contributed by atoms with Gasteiger partial charge in [0, 0.05) is 37.2 Å². The van der Waals surface area contributed by atoms with Gasteiger partial charge in [-0.2, -0.15) is 13.2 Å². The summed E-state index contributed by atoms with van der Waals surface area (Å²) in [5, 5.41) is 13.1. The van der Waals surface area contributed by atoms with Gasteiger partial charge in [-0.15, -0.1) is 0 Å². The maximum absolute atomic E-state index is 13.5. The highest BCUT2D eigenvalue weighted by molar-refractivity contribution is 6.30. The number of hydrogen-bond donors (Lipinski definition) is 2. The molecule has 0 aliphatic heterocycles. The molecule has 0 radical (unpaired) electrons. The SMILES string of the molecule is CN(CC(=O)Nc1cccc(Cl)c1)C(=O)CC(O)(c1nccn1C)C(F)(F)F. The Hall–Kier alpha value is -2.59. The van der Waals surface area contributed by atoms with E-state index >= 15 is 0 Å². The van der Waals surface area contributed by atoms with Crippen molar-refractivity contribution in [2.75, 3.05) is 18.9 Å². The third-order valence-corrected chi connectivity index (χ3v) is 4.22. The molecule has 1 unspecified atom stereocenters. The number of aliphatic hydroxyl groups is 1. The van der Waals surface area contributed by atoms with Crippen LogP contribution >= 0.6 is 11.6 Å². The molecule has 2 N–H and O–H groups in total. The molecule has 7 nitrogen and oxygen atoms in total. The zero-order valence-corrected chi connectivity index (χ0v) is 15.8. The second-order valence-corrected chi connectivity index (χ2v) is 6.64. The number of imidazole rings is 1. The summed E-state index contributed by atoms with van der Waals surface area (Å²) >= 11 is 5.80. The number of amides is 2. The van der Waals surface area contributed by atoms with Crippen molar-refractivity contribution in [2.45, 2.75) is 18.2 Å². The number of hydrogen-bond acceptors (Lipinski definition) is 4.